The lowest BCUT2D eigenvalue weighted by Gasteiger charge is -2.26. The van der Waals surface area contributed by atoms with Gasteiger partial charge in [0.15, 0.2) is 6.39 Å². The molecule has 6 nitrogen and oxygen atoms in total. The molecule has 4 rings (SSSR count). The fourth-order valence-corrected chi connectivity index (χ4v) is 2.73. The highest BCUT2D eigenvalue weighted by Crippen LogP contribution is 2.37. The summed E-state index contributed by atoms with van der Waals surface area (Å²) in [5.74, 6) is 2.20. The highest BCUT2D eigenvalue weighted by Gasteiger charge is 2.29. The highest BCUT2D eigenvalue weighted by molar-refractivity contribution is 5.23. The number of hydrogen-bond donors (Lipinski definition) is 1. The summed E-state index contributed by atoms with van der Waals surface area (Å²) < 4.78 is 5.26. The molecule has 1 aliphatic heterocycles. The lowest BCUT2D eigenvalue weighted by atomic mass is 10.1. The van der Waals surface area contributed by atoms with Gasteiger partial charge in [-0.2, -0.15) is 0 Å². The molecule has 3 heterocycles. The molecule has 20 heavy (non-hydrogen) atoms. The summed E-state index contributed by atoms with van der Waals surface area (Å²) in [5, 5.41) is 0. The lowest BCUT2D eigenvalue weighted by molar-refractivity contribution is 0.222. The third-order valence-corrected chi connectivity index (χ3v) is 3.99. The molecule has 0 bridgehead atoms. The summed E-state index contributed by atoms with van der Waals surface area (Å²) in [6, 6.07) is 0. The monoisotopic (exact) mass is 272 g/mol. The number of aromatic amines is 1. The third kappa shape index (κ3) is 2.16. The van der Waals surface area contributed by atoms with Gasteiger partial charge in [-0.05, 0) is 12.8 Å². The molecule has 6 heteroatoms. The number of hydrogen-bond acceptors (Lipinski definition) is 5. The average molecular weight is 272 g/mol. The number of rotatable bonds is 3. The molecular weight excluding hydrogens is 256 g/mol. The number of aromatic nitrogens is 3. The Kier molecular flexibility index (Phi) is 2.70. The molecule has 1 aliphatic carbocycles. The quantitative estimate of drug-likeness (QED) is 0.908. The summed E-state index contributed by atoms with van der Waals surface area (Å²) in [5.41, 5.74) is 1.81. The van der Waals surface area contributed by atoms with Crippen LogP contribution in [0, 0.1) is 0 Å². The van der Waals surface area contributed by atoms with E-state index in [1.807, 2.05) is 0 Å². The fraction of sp³-hybridized carbons (Fsp3) is 0.500. The van der Waals surface area contributed by atoms with Crippen molar-refractivity contribution < 1.29 is 4.42 Å². The van der Waals surface area contributed by atoms with Crippen molar-refractivity contribution in [2.24, 2.45) is 0 Å². The predicted molar refractivity (Wildman–Crippen MR) is 71.2 cm³/mol. The van der Waals surface area contributed by atoms with Crippen LogP contribution in [0.4, 0.5) is 0 Å². The van der Waals surface area contributed by atoms with Crippen molar-refractivity contribution in [2.75, 3.05) is 6.54 Å². The van der Waals surface area contributed by atoms with Crippen LogP contribution in [0.1, 0.15) is 41.6 Å². The zero-order valence-electron chi connectivity index (χ0n) is 11.1. The normalized spacial score (nSPS) is 19.0. The topological polar surface area (TPSA) is 75.0 Å². The van der Waals surface area contributed by atoms with Crippen LogP contribution < -0.4 is 5.56 Å². The maximum Gasteiger partial charge on any atom is 0.255 e. The molecule has 104 valence electrons. The molecule has 2 aliphatic rings. The second kappa shape index (κ2) is 4.56. The third-order valence-electron chi connectivity index (χ3n) is 3.99. The van der Waals surface area contributed by atoms with Crippen LogP contribution in [-0.2, 0) is 19.5 Å². The van der Waals surface area contributed by atoms with E-state index >= 15 is 0 Å². The van der Waals surface area contributed by atoms with Gasteiger partial charge in [0.05, 0.1) is 24.0 Å². The van der Waals surface area contributed by atoms with Gasteiger partial charge in [-0.3, -0.25) is 9.69 Å². The van der Waals surface area contributed by atoms with E-state index in [2.05, 4.69) is 19.9 Å². The first-order valence-electron chi connectivity index (χ1n) is 7.01. The van der Waals surface area contributed by atoms with Crippen LogP contribution in [0.25, 0.3) is 0 Å². The first-order chi connectivity index (χ1) is 9.79. The summed E-state index contributed by atoms with van der Waals surface area (Å²) >= 11 is 0. The van der Waals surface area contributed by atoms with E-state index in [1.54, 1.807) is 6.20 Å². The molecule has 2 aromatic heterocycles. The largest absolute Gasteiger partial charge is 0.447 e. The van der Waals surface area contributed by atoms with Gasteiger partial charge in [-0.25, -0.2) is 9.97 Å². The van der Waals surface area contributed by atoms with E-state index in [0.717, 1.165) is 48.6 Å². The van der Waals surface area contributed by atoms with Crippen molar-refractivity contribution >= 4 is 0 Å². The molecule has 2 aromatic rings. The van der Waals surface area contributed by atoms with Crippen LogP contribution in [0.5, 0.6) is 0 Å². The summed E-state index contributed by atoms with van der Waals surface area (Å²) in [6.45, 7) is 2.21. The zero-order valence-corrected chi connectivity index (χ0v) is 11.1. The molecule has 0 spiro atoms. The Morgan fingerprint density at radius 3 is 3.10 bits per heavy atom. The van der Waals surface area contributed by atoms with E-state index in [4.69, 9.17) is 4.42 Å². The van der Waals surface area contributed by atoms with Crippen molar-refractivity contribution in [1.29, 1.82) is 0 Å². The molecule has 1 fully saturated rings. The molecule has 0 unspecified atom stereocenters. The molecular formula is C14H16N4O2. The zero-order chi connectivity index (χ0) is 13.5. The molecule has 1 saturated carbocycles. The number of nitrogens with zero attached hydrogens (tertiary/aromatic N) is 3. The predicted octanol–water partition coefficient (Wildman–Crippen LogP) is 1.19. The number of nitrogens with one attached hydrogen (secondary N) is 1. The Bertz CT molecular complexity index is 673. The first kappa shape index (κ1) is 11.8. The van der Waals surface area contributed by atoms with E-state index in [1.165, 1.54) is 6.39 Å². The summed E-state index contributed by atoms with van der Waals surface area (Å²) in [6.07, 6.45) is 6.28. The number of H-pyrrole nitrogens is 1. The van der Waals surface area contributed by atoms with Crippen LogP contribution in [0.15, 0.2) is 21.8 Å². The lowest BCUT2D eigenvalue weighted by Crippen LogP contribution is -2.35. The van der Waals surface area contributed by atoms with Crippen molar-refractivity contribution in [3.63, 3.8) is 0 Å². The van der Waals surface area contributed by atoms with Crippen LogP contribution >= 0.6 is 0 Å². The maximum atomic E-state index is 12.2. The van der Waals surface area contributed by atoms with Gasteiger partial charge in [0.25, 0.3) is 5.56 Å². The second-order valence-corrected chi connectivity index (χ2v) is 5.58. The Balaban J connectivity index is 1.58. The maximum absolute atomic E-state index is 12.2. The van der Waals surface area contributed by atoms with E-state index < -0.39 is 0 Å². The van der Waals surface area contributed by atoms with Crippen molar-refractivity contribution in [3.05, 3.63) is 45.8 Å². The SMILES string of the molecule is O=c1[nH]c(C2CC2)nc2c1CN(Cc1cnco1)CC2. The Hall–Kier alpha value is -1.95. The molecule has 0 saturated heterocycles. The second-order valence-electron chi connectivity index (χ2n) is 5.58. The van der Waals surface area contributed by atoms with Gasteiger partial charge in [-0.1, -0.05) is 0 Å². The Morgan fingerprint density at radius 1 is 1.45 bits per heavy atom. The minimum absolute atomic E-state index is 0.0270. The minimum atomic E-state index is 0.0270. The van der Waals surface area contributed by atoms with Crippen LogP contribution in [0.3, 0.4) is 0 Å². The Morgan fingerprint density at radius 2 is 2.35 bits per heavy atom. The van der Waals surface area contributed by atoms with E-state index in [-0.39, 0.29) is 5.56 Å². The van der Waals surface area contributed by atoms with Crippen molar-refractivity contribution in [3.8, 4) is 0 Å². The highest BCUT2D eigenvalue weighted by atomic mass is 16.3. The Labute approximate surface area is 115 Å². The first-order valence-corrected chi connectivity index (χ1v) is 7.01. The average Bonchev–Trinajstić information content (AvgIpc) is 3.18. The van der Waals surface area contributed by atoms with Gasteiger partial charge < -0.3 is 9.40 Å². The van der Waals surface area contributed by atoms with Crippen LogP contribution in [-0.4, -0.2) is 26.4 Å². The molecule has 0 atom stereocenters. The molecule has 0 radical (unpaired) electrons. The van der Waals surface area contributed by atoms with Gasteiger partial charge in [0.2, 0.25) is 0 Å². The van der Waals surface area contributed by atoms with E-state index in [9.17, 15) is 4.79 Å². The standard InChI is InChI=1S/C14H16N4O2/c19-14-11-7-18(6-10-5-15-8-20-10)4-3-12(11)16-13(17-14)9-1-2-9/h5,8-9H,1-4,6-7H2,(H,16,17,19). The smallest absolute Gasteiger partial charge is 0.255 e. The van der Waals surface area contributed by atoms with Crippen LogP contribution in [0.2, 0.25) is 0 Å². The minimum Gasteiger partial charge on any atom is -0.447 e. The molecule has 0 aromatic carbocycles. The summed E-state index contributed by atoms with van der Waals surface area (Å²) in [7, 11) is 0. The summed E-state index contributed by atoms with van der Waals surface area (Å²) in [4.78, 5) is 25.9. The fourth-order valence-electron chi connectivity index (χ4n) is 2.73. The molecule has 1 N–H and O–H groups in total. The van der Waals surface area contributed by atoms with Gasteiger partial charge in [0, 0.05) is 25.4 Å². The number of oxazole rings is 1. The molecule has 0 amide bonds. The van der Waals surface area contributed by atoms with Crippen molar-refractivity contribution in [1.82, 2.24) is 19.9 Å². The van der Waals surface area contributed by atoms with Gasteiger partial charge in [-0.15, -0.1) is 0 Å². The van der Waals surface area contributed by atoms with Gasteiger partial charge in [0.1, 0.15) is 11.6 Å². The number of fused-ring (bicyclic) bond motifs is 1. The van der Waals surface area contributed by atoms with E-state index in [0.29, 0.717) is 19.0 Å². The van der Waals surface area contributed by atoms with Gasteiger partial charge >= 0.3 is 0 Å². The van der Waals surface area contributed by atoms with Crippen molar-refractivity contribution in [2.45, 2.75) is 38.3 Å².